The summed E-state index contributed by atoms with van der Waals surface area (Å²) in [5, 5.41) is 11.5. The van der Waals surface area contributed by atoms with E-state index in [1.807, 2.05) is 0 Å². The maximum absolute atomic E-state index is 13.8. The zero-order valence-electron chi connectivity index (χ0n) is 11.7. The Balaban J connectivity index is 2.08. The number of amides is 1. The van der Waals surface area contributed by atoms with Crippen molar-refractivity contribution in [2.45, 2.75) is 25.3 Å². The second kappa shape index (κ2) is 7.77. The van der Waals surface area contributed by atoms with Crippen molar-refractivity contribution in [3.63, 3.8) is 0 Å². The van der Waals surface area contributed by atoms with E-state index in [2.05, 4.69) is 17.2 Å². The Kier molecular flexibility index (Phi) is 5.73. The third kappa shape index (κ3) is 4.55. The van der Waals surface area contributed by atoms with E-state index in [0.717, 1.165) is 12.8 Å². The van der Waals surface area contributed by atoms with Crippen LogP contribution in [-0.4, -0.2) is 36.9 Å². The molecule has 1 aliphatic heterocycles. The van der Waals surface area contributed by atoms with E-state index in [1.165, 1.54) is 18.2 Å². The lowest BCUT2D eigenvalue weighted by Gasteiger charge is -2.23. The maximum Gasteiger partial charge on any atom is 0.254 e. The Bertz CT molecular complexity index is 556. The van der Waals surface area contributed by atoms with E-state index in [-0.39, 0.29) is 18.2 Å². The minimum absolute atomic E-state index is 0.0172. The van der Waals surface area contributed by atoms with Gasteiger partial charge in [0.25, 0.3) is 5.91 Å². The topological polar surface area (TPSA) is 58.6 Å². The molecule has 1 heterocycles. The molecule has 1 atom stereocenters. The van der Waals surface area contributed by atoms with Gasteiger partial charge in [0.2, 0.25) is 0 Å². The molecule has 0 spiro atoms. The number of hydrogen-bond donors (Lipinski definition) is 2. The molecule has 112 valence electrons. The molecule has 1 saturated heterocycles. The van der Waals surface area contributed by atoms with Gasteiger partial charge < -0.3 is 15.2 Å². The molecule has 21 heavy (non-hydrogen) atoms. The van der Waals surface area contributed by atoms with Gasteiger partial charge in [-0.05, 0) is 31.0 Å². The van der Waals surface area contributed by atoms with Gasteiger partial charge in [0, 0.05) is 18.6 Å². The molecule has 0 saturated carbocycles. The molecule has 1 fully saturated rings. The van der Waals surface area contributed by atoms with Crippen LogP contribution in [0, 0.1) is 17.7 Å². The van der Waals surface area contributed by atoms with E-state index < -0.39 is 11.7 Å². The lowest BCUT2D eigenvalue weighted by atomic mass is 10.1. The van der Waals surface area contributed by atoms with E-state index >= 15 is 0 Å². The van der Waals surface area contributed by atoms with Gasteiger partial charge in [-0.2, -0.15) is 0 Å². The van der Waals surface area contributed by atoms with Crippen molar-refractivity contribution in [2.75, 3.05) is 19.8 Å². The van der Waals surface area contributed by atoms with Crippen molar-refractivity contribution in [1.29, 1.82) is 0 Å². The molecule has 0 aliphatic carbocycles. The summed E-state index contributed by atoms with van der Waals surface area (Å²) in [7, 11) is 0. The molecule has 0 aromatic heterocycles. The molecule has 0 radical (unpaired) electrons. The molecule has 1 aliphatic rings. The largest absolute Gasteiger partial charge is 0.395 e. The van der Waals surface area contributed by atoms with Crippen molar-refractivity contribution in [1.82, 2.24) is 5.32 Å². The van der Waals surface area contributed by atoms with Gasteiger partial charge in [-0.25, -0.2) is 4.39 Å². The fourth-order valence-electron chi connectivity index (χ4n) is 2.12. The summed E-state index contributed by atoms with van der Waals surface area (Å²) in [6, 6.07) is 4.10. The number of aliphatic hydroxyl groups excluding tert-OH is 1. The van der Waals surface area contributed by atoms with Gasteiger partial charge in [-0.3, -0.25) is 4.79 Å². The van der Waals surface area contributed by atoms with Crippen LogP contribution < -0.4 is 5.32 Å². The Morgan fingerprint density at radius 1 is 1.52 bits per heavy atom. The van der Waals surface area contributed by atoms with Crippen molar-refractivity contribution < 1.29 is 19.0 Å². The predicted molar refractivity (Wildman–Crippen MR) is 76.3 cm³/mol. The first-order chi connectivity index (χ1) is 10.2. The van der Waals surface area contributed by atoms with Crippen LogP contribution in [0.1, 0.15) is 35.2 Å². The minimum Gasteiger partial charge on any atom is -0.395 e. The van der Waals surface area contributed by atoms with Crippen LogP contribution >= 0.6 is 0 Å². The monoisotopic (exact) mass is 291 g/mol. The normalized spacial score (nSPS) is 17.7. The zero-order valence-corrected chi connectivity index (χ0v) is 11.7. The number of hydrogen-bond acceptors (Lipinski definition) is 3. The first-order valence-electron chi connectivity index (χ1n) is 6.98. The Morgan fingerprint density at radius 3 is 3.10 bits per heavy atom. The highest BCUT2D eigenvalue weighted by Gasteiger charge is 2.19. The first kappa shape index (κ1) is 15.5. The van der Waals surface area contributed by atoms with Crippen LogP contribution in [0.25, 0.3) is 0 Å². The number of ether oxygens (including phenoxy) is 1. The second-order valence-corrected chi connectivity index (χ2v) is 4.86. The van der Waals surface area contributed by atoms with Gasteiger partial charge in [0.05, 0.1) is 24.8 Å². The smallest absolute Gasteiger partial charge is 0.254 e. The number of carbonyl (C=O) groups is 1. The van der Waals surface area contributed by atoms with Gasteiger partial charge in [0.15, 0.2) is 0 Å². The number of nitrogens with one attached hydrogen (secondary N) is 1. The highest BCUT2D eigenvalue weighted by molar-refractivity contribution is 5.95. The van der Waals surface area contributed by atoms with E-state index in [9.17, 15) is 9.18 Å². The molecule has 2 N–H and O–H groups in total. The molecule has 1 amide bonds. The third-order valence-corrected chi connectivity index (χ3v) is 3.18. The van der Waals surface area contributed by atoms with Gasteiger partial charge in [-0.15, -0.1) is 0 Å². The third-order valence-electron chi connectivity index (χ3n) is 3.18. The zero-order chi connectivity index (χ0) is 15.1. The van der Waals surface area contributed by atoms with Crippen LogP contribution in [0.2, 0.25) is 0 Å². The summed E-state index contributed by atoms with van der Waals surface area (Å²) >= 11 is 0. The highest BCUT2D eigenvalue weighted by Crippen LogP contribution is 2.12. The fraction of sp³-hybridized carbons (Fsp3) is 0.438. The molecule has 1 unspecified atom stereocenters. The average molecular weight is 291 g/mol. The summed E-state index contributed by atoms with van der Waals surface area (Å²) < 4.78 is 19.1. The van der Waals surface area contributed by atoms with Crippen LogP contribution in [0.5, 0.6) is 0 Å². The van der Waals surface area contributed by atoms with Crippen LogP contribution in [0.3, 0.4) is 0 Å². The number of benzene rings is 1. The lowest BCUT2D eigenvalue weighted by molar-refractivity contribution is 0.0622. The second-order valence-electron chi connectivity index (χ2n) is 4.86. The minimum atomic E-state index is -0.572. The Labute approximate surface area is 123 Å². The number of carbonyl (C=O) groups excluding carboxylic acids is 1. The molecule has 4 nitrogen and oxygen atoms in total. The molecule has 2 rings (SSSR count). The molecule has 5 heteroatoms. The van der Waals surface area contributed by atoms with Gasteiger partial charge in [-0.1, -0.05) is 11.8 Å². The summed E-state index contributed by atoms with van der Waals surface area (Å²) in [5.41, 5.74) is 0.534. The van der Waals surface area contributed by atoms with Crippen molar-refractivity contribution in [3.8, 4) is 11.8 Å². The van der Waals surface area contributed by atoms with Crippen molar-refractivity contribution >= 4 is 5.91 Å². The summed E-state index contributed by atoms with van der Waals surface area (Å²) in [4.78, 5) is 12.1. The molecular weight excluding hydrogens is 273 g/mol. The summed E-state index contributed by atoms with van der Waals surface area (Å²) in [6.07, 6.45) is 2.07. The summed E-state index contributed by atoms with van der Waals surface area (Å²) in [5.74, 6) is 4.51. The molecular formula is C16H18FNO3. The molecule has 1 aromatic rings. The van der Waals surface area contributed by atoms with E-state index in [1.54, 1.807) is 0 Å². The standard InChI is InChI=1S/C16H18FNO3/c17-15-7-6-12(4-1-2-8-19)10-14(15)16(20)18-13-5-3-9-21-11-13/h6-7,10,13,19H,2-3,5,8-9,11H2,(H,18,20). The quantitative estimate of drug-likeness (QED) is 0.829. The predicted octanol–water partition coefficient (Wildman–Crippen LogP) is 1.47. The average Bonchev–Trinajstić information content (AvgIpc) is 2.50. The van der Waals surface area contributed by atoms with Crippen molar-refractivity contribution in [2.24, 2.45) is 0 Å². The SMILES string of the molecule is O=C(NC1CCCOC1)c1cc(C#CCCO)ccc1F. The number of aliphatic hydroxyl groups is 1. The van der Waals surface area contributed by atoms with Gasteiger partial charge >= 0.3 is 0 Å². The van der Waals surface area contributed by atoms with Crippen LogP contribution in [0.15, 0.2) is 18.2 Å². The van der Waals surface area contributed by atoms with Gasteiger partial charge in [0.1, 0.15) is 5.82 Å². The first-order valence-corrected chi connectivity index (χ1v) is 6.98. The molecule has 1 aromatic carbocycles. The Hall–Kier alpha value is -1.90. The number of rotatable bonds is 3. The fourth-order valence-corrected chi connectivity index (χ4v) is 2.12. The van der Waals surface area contributed by atoms with Crippen LogP contribution in [0.4, 0.5) is 4.39 Å². The number of halogens is 1. The molecule has 0 bridgehead atoms. The van der Waals surface area contributed by atoms with E-state index in [0.29, 0.717) is 25.2 Å². The summed E-state index contributed by atoms with van der Waals surface area (Å²) in [6.45, 7) is 1.14. The maximum atomic E-state index is 13.8. The lowest BCUT2D eigenvalue weighted by Crippen LogP contribution is -2.40. The Morgan fingerprint density at radius 2 is 2.38 bits per heavy atom. The van der Waals surface area contributed by atoms with Crippen LogP contribution in [-0.2, 0) is 4.74 Å². The van der Waals surface area contributed by atoms with E-state index in [4.69, 9.17) is 9.84 Å². The highest BCUT2D eigenvalue weighted by atomic mass is 19.1. The van der Waals surface area contributed by atoms with Crippen molar-refractivity contribution in [3.05, 3.63) is 35.1 Å².